The summed E-state index contributed by atoms with van der Waals surface area (Å²) in [6.45, 7) is 5.97. The van der Waals surface area contributed by atoms with E-state index in [1.807, 2.05) is 75.4 Å². The van der Waals surface area contributed by atoms with E-state index in [0.29, 0.717) is 17.9 Å². The van der Waals surface area contributed by atoms with Crippen LogP contribution in [0.1, 0.15) is 36.7 Å². The van der Waals surface area contributed by atoms with E-state index >= 15 is 0 Å². The summed E-state index contributed by atoms with van der Waals surface area (Å²) < 4.78 is 5.75. The molecular formula is C24H26N2O3. The highest BCUT2D eigenvalue weighted by Gasteiger charge is 2.17. The molecule has 0 spiro atoms. The third kappa shape index (κ3) is 5.82. The fraction of sp³-hybridized carbons (Fsp3) is 0.250. The fourth-order valence-electron chi connectivity index (χ4n) is 2.99. The molecule has 0 aromatic heterocycles. The monoisotopic (exact) mass is 390 g/mol. The van der Waals surface area contributed by atoms with Gasteiger partial charge in [-0.2, -0.15) is 0 Å². The van der Waals surface area contributed by atoms with Gasteiger partial charge in [-0.05, 0) is 49.2 Å². The van der Waals surface area contributed by atoms with Gasteiger partial charge in [0.1, 0.15) is 5.75 Å². The highest BCUT2D eigenvalue weighted by atomic mass is 16.5. The van der Waals surface area contributed by atoms with Crippen molar-refractivity contribution in [1.82, 2.24) is 10.6 Å². The van der Waals surface area contributed by atoms with Crippen molar-refractivity contribution in [2.75, 3.05) is 6.61 Å². The molecule has 0 aliphatic carbocycles. The second-order valence-corrected chi connectivity index (χ2v) is 7.95. The van der Waals surface area contributed by atoms with Crippen LogP contribution in [0.25, 0.3) is 10.8 Å². The van der Waals surface area contributed by atoms with Crippen LogP contribution in [0, 0.1) is 0 Å². The quantitative estimate of drug-likeness (QED) is 0.667. The number of carbonyl (C=O) groups excluding carboxylic acids is 2. The number of rotatable bonds is 6. The molecule has 0 saturated carbocycles. The first-order valence-electron chi connectivity index (χ1n) is 9.60. The van der Waals surface area contributed by atoms with E-state index in [1.54, 1.807) is 12.1 Å². The molecule has 0 aliphatic heterocycles. The second-order valence-electron chi connectivity index (χ2n) is 7.95. The van der Waals surface area contributed by atoms with Gasteiger partial charge < -0.3 is 15.4 Å². The van der Waals surface area contributed by atoms with Crippen LogP contribution in [0.4, 0.5) is 0 Å². The van der Waals surface area contributed by atoms with Crippen molar-refractivity contribution in [3.63, 3.8) is 0 Å². The van der Waals surface area contributed by atoms with E-state index in [2.05, 4.69) is 10.6 Å². The average molecular weight is 390 g/mol. The first kappa shape index (κ1) is 20.4. The Balaban J connectivity index is 1.81. The predicted molar refractivity (Wildman–Crippen MR) is 115 cm³/mol. The largest absolute Gasteiger partial charge is 0.483 e. The minimum Gasteiger partial charge on any atom is -0.483 e. The molecule has 3 aromatic carbocycles. The molecule has 0 radical (unpaired) electrons. The first-order chi connectivity index (χ1) is 13.8. The molecule has 0 heterocycles. The lowest BCUT2D eigenvalue weighted by molar-refractivity contribution is -0.124. The Labute approximate surface area is 171 Å². The van der Waals surface area contributed by atoms with Crippen molar-refractivity contribution < 1.29 is 14.3 Å². The molecule has 5 heteroatoms. The van der Waals surface area contributed by atoms with Crippen LogP contribution < -0.4 is 15.4 Å². The van der Waals surface area contributed by atoms with E-state index in [9.17, 15) is 9.59 Å². The summed E-state index contributed by atoms with van der Waals surface area (Å²) in [4.78, 5) is 25.0. The van der Waals surface area contributed by atoms with Crippen LogP contribution in [-0.2, 0) is 11.3 Å². The lowest BCUT2D eigenvalue weighted by atomic mass is 10.1. The fourth-order valence-corrected chi connectivity index (χ4v) is 2.99. The third-order valence-corrected chi connectivity index (χ3v) is 4.26. The molecular weight excluding hydrogens is 364 g/mol. The second kappa shape index (κ2) is 8.78. The number of hydrogen-bond donors (Lipinski definition) is 2. The van der Waals surface area contributed by atoms with Crippen LogP contribution in [0.5, 0.6) is 5.75 Å². The summed E-state index contributed by atoms with van der Waals surface area (Å²) in [7, 11) is 0. The molecule has 0 atom stereocenters. The van der Waals surface area contributed by atoms with Crippen LogP contribution in [-0.4, -0.2) is 24.0 Å². The molecule has 3 rings (SSSR count). The minimum atomic E-state index is -0.348. The van der Waals surface area contributed by atoms with Crippen molar-refractivity contribution in [2.45, 2.75) is 32.9 Å². The van der Waals surface area contributed by atoms with Gasteiger partial charge in [0.2, 0.25) is 0 Å². The topological polar surface area (TPSA) is 67.4 Å². The van der Waals surface area contributed by atoms with Gasteiger partial charge in [0, 0.05) is 12.1 Å². The average Bonchev–Trinajstić information content (AvgIpc) is 2.69. The minimum absolute atomic E-state index is 0.158. The summed E-state index contributed by atoms with van der Waals surface area (Å²) in [5.74, 6) is -0.0922. The summed E-state index contributed by atoms with van der Waals surface area (Å²) >= 11 is 0. The van der Waals surface area contributed by atoms with Gasteiger partial charge in [0.25, 0.3) is 11.8 Å². The van der Waals surface area contributed by atoms with Gasteiger partial charge in [-0.15, -0.1) is 0 Å². The maximum Gasteiger partial charge on any atom is 0.258 e. The van der Waals surface area contributed by atoms with Gasteiger partial charge in [-0.3, -0.25) is 9.59 Å². The van der Waals surface area contributed by atoms with Gasteiger partial charge in [-0.1, -0.05) is 54.6 Å². The van der Waals surface area contributed by atoms with E-state index in [-0.39, 0.29) is 24.0 Å². The number of amides is 2. The van der Waals surface area contributed by atoms with E-state index in [4.69, 9.17) is 4.74 Å². The van der Waals surface area contributed by atoms with Crippen molar-refractivity contribution in [3.05, 3.63) is 77.9 Å². The van der Waals surface area contributed by atoms with Gasteiger partial charge in [0.05, 0.1) is 5.56 Å². The molecule has 2 amide bonds. The SMILES string of the molecule is CC(C)(C)NC(=O)COc1cc2ccccc2cc1C(=O)NCc1ccccc1. The Hall–Kier alpha value is -3.34. The van der Waals surface area contributed by atoms with Crippen LogP contribution in [0.2, 0.25) is 0 Å². The van der Waals surface area contributed by atoms with E-state index < -0.39 is 0 Å². The summed E-state index contributed by atoms with van der Waals surface area (Å²) in [6, 6.07) is 21.0. The molecule has 3 aromatic rings. The van der Waals surface area contributed by atoms with Crippen LogP contribution in [0.15, 0.2) is 66.7 Å². The number of ether oxygens (including phenoxy) is 1. The molecule has 0 aliphatic rings. The highest BCUT2D eigenvalue weighted by molar-refractivity contribution is 6.01. The molecule has 0 saturated heterocycles. The molecule has 0 unspecified atom stereocenters. The van der Waals surface area contributed by atoms with Crippen molar-refractivity contribution in [2.24, 2.45) is 0 Å². The lowest BCUT2D eigenvalue weighted by Crippen LogP contribution is -2.43. The molecule has 2 N–H and O–H groups in total. The zero-order valence-corrected chi connectivity index (χ0v) is 17.0. The Kier molecular flexibility index (Phi) is 6.17. The molecule has 5 nitrogen and oxygen atoms in total. The van der Waals surface area contributed by atoms with Crippen LogP contribution in [0.3, 0.4) is 0 Å². The normalized spacial score (nSPS) is 11.1. The van der Waals surface area contributed by atoms with Crippen LogP contribution >= 0.6 is 0 Å². The zero-order chi connectivity index (χ0) is 20.9. The number of hydrogen-bond acceptors (Lipinski definition) is 3. The molecule has 0 fully saturated rings. The first-order valence-corrected chi connectivity index (χ1v) is 9.60. The number of carbonyl (C=O) groups is 2. The molecule has 29 heavy (non-hydrogen) atoms. The number of benzene rings is 3. The Morgan fingerprint density at radius 1 is 0.897 bits per heavy atom. The highest BCUT2D eigenvalue weighted by Crippen LogP contribution is 2.26. The van der Waals surface area contributed by atoms with Crippen molar-refractivity contribution in [3.8, 4) is 5.75 Å². The number of nitrogens with one attached hydrogen (secondary N) is 2. The Morgan fingerprint density at radius 2 is 1.52 bits per heavy atom. The Morgan fingerprint density at radius 3 is 2.17 bits per heavy atom. The maximum absolute atomic E-state index is 12.9. The summed E-state index contributed by atoms with van der Waals surface area (Å²) in [6.07, 6.45) is 0. The van der Waals surface area contributed by atoms with Gasteiger partial charge in [-0.25, -0.2) is 0 Å². The van der Waals surface area contributed by atoms with E-state index in [1.165, 1.54) is 0 Å². The van der Waals surface area contributed by atoms with Gasteiger partial charge >= 0.3 is 0 Å². The van der Waals surface area contributed by atoms with E-state index in [0.717, 1.165) is 16.3 Å². The van der Waals surface area contributed by atoms with Gasteiger partial charge in [0.15, 0.2) is 6.61 Å². The van der Waals surface area contributed by atoms with Crippen molar-refractivity contribution in [1.29, 1.82) is 0 Å². The number of fused-ring (bicyclic) bond motifs is 1. The summed E-state index contributed by atoms with van der Waals surface area (Å²) in [5.41, 5.74) is 1.07. The molecule has 0 bridgehead atoms. The third-order valence-electron chi connectivity index (χ3n) is 4.26. The van der Waals surface area contributed by atoms with Crippen molar-refractivity contribution >= 4 is 22.6 Å². The smallest absolute Gasteiger partial charge is 0.258 e. The predicted octanol–water partition coefficient (Wildman–Crippen LogP) is 4.06. The maximum atomic E-state index is 12.9. The summed E-state index contributed by atoms with van der Waals surface area (Å²) in [5, 5.41) is 7.66. The molecule has 150 valence electrons. The lowest BCUT2D eigenvalue weighted by Gasteiger charge is -2.21. The zero-order valence-electron chi connectivity index (χ0n) is 17.0. The Bertz CT molecular complexity index is 1010. The standard InChI is InChI=1S/C24H26N2O3/c1-24(2,3)26-22(27)16-29-21-14-19-12-8-7-11-18(19)13-20(21)23(28)25-15-17-9-5-4-6-10-17/h4-14H,15-16H2,1-3H3,(H,25,28)(H,26,27).